The maximum Gasteiger partial charge on any atom is 0.258 e. The minimum Gasteiger partial charge on any atom is -0.309 e. The number of rotatable bonds is 4. The molecule has 0 radical (unpaired) electrons. The lowest BCUT2D eigenvalue weighted by Crippen LogP contribution is -2.30. The lowest BCUT2D eigenvalue weighted by Gasteiger charge is -2.23. The number of hydrogen-bond acceptors (Lipinski definition) is 3. The van der Waals surface area contributed by atoms with Crippen LogP contribution in [0, 0.1) is 5.41 Å². The van der Waals surface area contributed by atoms with E-state index in [0.29, 0.717) is 17.3 Å². The molecule has 4 nitrogen and oxygen atoms in total. The average Bonchev–Trinajstić information content (AvgIpc) is 2.86. The third-order valence-corrected chi connectivity index (χ3v) is 4.32. The molecule has 0 amide bonds. The third kappa shape index (κ3) is 2.75. The second-order valence-corrected chi connectivity index (χ2v) is 6.15. The van der Waals surface area contributed by atoms with Crippen molar-refractivity contribution < 1.29 is 0 Å². The highest BCUT2D eigenvalue weighted by Gasteiger charge is 2.27. The number of nitrogens with one attached hydrogen (secondary N) is 2. The fraction of sp³-hybridized carbons (Fsp3) is 0.500. The van der Waals surface area contributed by atoms with Gasteiger partial charge in [-0.2, -0.15) is 0 Å². The monoisotopic (exact) mass is 271 g/mol. The normalized spacial score (nSPS) is 17.6. The number of H-pyrrole nitrogens is 1. The van der Waals surface area contributed by atoms with Gasteiger partial charge in [0.05, 0.1) is 17.4 Å². The molecule has 1 aromatic carbocycles. The highest BCUT2D eigenvalue weighted by atomic mass is 16.1. The van der Waals surface area contributed by atoms with Gasteiger partial charge in [-0.05, 0) is 30.4 Å². The van der Waals surface area contributed by atoms with Crippen molar-refractivity contribution in [2.24, 2.45) is 5.41 Å². The lowest BCUT2D eigenvalue weighted by atomic mass is 9.89. The first-order valence-corrected chi connectivity index (χ1v) is 7.35. The van der Waals surface area contributed by atoms with Gasteiger partial charge in [-0.25, -0.2) is 4.98 Å². The molecule has 0 bridgehead atoms. The van der Waals surface area contributed by atoms with Crippen molar-refractivity contribution in [3.05, 3.63) is 40.4 Å². The number of nitrogens with zero attached hydrogens (tertiary/aromatic N) is 1. The Hall–Kier alpha value is -1.68. The topological polar surface area (TPSA) is 57.8 Å². The number of aromatic nitrogens is 2. The fourth-order valence-electron chi connectivity index (χ4n) is 3.11. The van der Waals surface area contributed by atoms with Gasteiger partial charge in [0.1, 0.15) is 5.82 Å². The maximum atomic E-state index is 12.0. The van der Waals surface area contributed by atoms with E-state index in [1.807, 2.05) is 18.2 Å². The summed E-state index contributed by atoms with van der Waals surface area (Å²) in [6, 6.07) is 7.45. The standard InChI is InChI=1S/C16H21N3O/c1-16(8-4-5-9-16)11-17-10-14-18-13-7-3-2-6-12(13)15(20)19-14/h2-3,6-7,17H,4-5,8-11H2,1H3,(H,18,19,20). The summed E-state index contributed by atoms with van der Waals surface area (Å²) < 4.78 is 0. The van der Waals surface area contributed by atoms with E-state index in [2.05, 4.69) is 22.2 Å². The van der Waals surface area contributed by atoms with Crippen LogP contribution in [0.3, 0.4) is 0 Å². The number of benzene rings is 1. The van der Waals surface area contributed by atoms with Gasteiger partial charge in [0.15, 0.2) is 0 Å². The van der Waals surface area contributed by atoms with E-state index in [1.165, 1.54) is 25.7 Å². The van der Waals surface area contributed by atoms with Crippen LogP contribution >= 0.6 is 0 Å². The summed E-state index contributed by atoms with van der Waals surface area (Å²) in [6.45, 7) is 3.95. The van der Waals surface area contributed by atoms with Crippen molar-refractivity contribution in [3.8, 4) is 0 Å². The molecule has 2 N–H and O–H groups in total. The molecule has 1 aliphatic carbocycles. The fourth-order valence-corrected chi connectivity index (χ4v) is 3.11. The Bertz CT molecular complexity index is 656. The molecule has 0 atom stereocenters. The Kier molecular flexibility index (Phi) is 3.57. The minimum atomic E-state index is -0.0560. The largest absolute Gasteiger partial charge is 0.309 e. The smallest absolute Gasteiger partial charge is 0.258 e. The van der Waals surface area contributed by atoms with Crippen molar-refractivity contribution in [2.45, 2.75) is 39.2 Å². The summed E-state index contributed by atoms with van der Waals surface area (Å²) >= 11 is 0. The highest BCUT2D eigenvalue weighted by molar-refractivity contribution is 5.77. The van der Waals surface area contributed by atoms with Crippen LogP contribution in [0.15, 0.2) is 29.1 Å². The van der Waals surface area contributed by atoms with Crippen molar-refractivity contribution in [3.63, 3.8) is 0 Å². The molecule has 0 spiro atoms. The molecule has 0 saturated heterocycles. The quantitative estimate of drug-likeness (QED) is 0.898. The summed E-state index contributed by atoms with van der Waals surface area (Å²) in [5.74, 6) is 0.718. The van der Waals surface area contributed by atoms with Crippen LogP contribution in [-0.2, 0) is 6.54 Å². The Balaban J connectivity index is 1.70. The molecular weight excluding hydrogens is 250 g/mol. The van der Waals surface area contributed by atoms with Crippen molar-refractivity contribution in [1.82, 2.24) is 15.3 Å². The van der Waals surface area contributed by atoms with Crippen LogP contribution in [0.2, 0.25) is 0 Å². The van der Waals surface area contributed by atoms with E-state index in [9.17, 15) is 4.79 Å². The zero-order valence-electron chi connectivity index (χ0n) is 11.9. The number of para-hydroxylation sites is 1. The van der Waals surface area contributed by atoms with E-state index >= 15 is 0 Å². The molecular formula is C16H21N3O. The maximum absolute atomic E-state index is 12.0. The second kappa shape index (κ2) is 5.37. The predicted molar refractivity (Wildman–Crippen MR) is 80.6 cm³/mol. The molecule has 0 aliphatic heterocycles. The molecule has 0 unspecified atom stereocenters. The molecule has 1 heterocycles. The molecule has 106 valence electrons. The Morgan fingerprint density at radius 2 is 2.05 bits per heavy atom. The van der Waals surface area contributed by atoms with Gasteiger partial charge in [-0.15, -0.1) is 0 Å². The van der Waals surface area contributed by atoms with Gasteiger partial charge in [0.25, 0.3) is 5.56 Å². The van der Waals surface area contributed by atoms with Crippen LogP contribution in [0.5, 0.6) is 0 Å². The van der Waals surface area contributed by atoms with Crippen molar-refractivity contribution in [2.75, 3.05) is 6.54 Å². The molecule has 1 aromatic heterocycles. The number of hydrogen-bond donors (Lipinski definition) is 2. The van der Waals surface area contributed by atoms with E-state index in [0.717, 1.165) is 17.9 Å². The van der Waals surface area contributed by atoms with Gasteiger partial charge in [-0.1, -0.05) is 31.9 Å². The van der Waals surface area contributed by atoms with Gasteiger partial charge >= 0.3 is 0 Å². The van der Waals surface area contributed by atoms with Crippen molar-refractivity contribution in [1.29, 1.82) is 0 Å². The van der Waals surface area contributed by atoms with Gasteiger partial charge in [0.2, 0.25) is 0 Å². The predicted octanol–water partition coefficient (Wildman–Crippen LogP) is 2.59. The molecule has 4 heteroatoms. The lowest BCUT2D eigenvalue weighted by molar-refractivity contribution is 0.313. The third-order valence-electron chi connectivity index (χ3n) is 4.32. The summed E-state index contributed by atoms with van der Waals surface area (Å²) in [5.41, 5.74) is 1.12. The van der Waals surface area contributed by atoms with E-state index < -0.39 is 0 Å². The summed E-state index contributed by atoms with van der Waals surface area (Å²) in [6.07, 6.45) is 5.26. The molecule has 3 rings (SSSR count). The average molecular weight is 271 g/mol. The van der Waals surface area contributed by atoms with E-state index in [4.69, 9.17) is 0 Å². The Morgan fingerprint density at radius 3 is 2.85 bits per heavy atom. The Labute approximate surface area is 118 Å². The molecule has 1 fully saturated rings. The van der Waals surface area contributed by atoms with Crippen LogP contribution < -0.4 is 10.9 Å². The van der Waals surface area contributed by atoms with Crippen LogP contribution in [0.4, 0.5) is 0 Å². The highest BCUT2D eigenvalue weighted by Crippen LogP contribution is 2.36. The summed E-state index contributed by atoms with van der Waals surface area (Å²) in [5, 5.41) is 4.10. The number of aromatic amines is 1. The summed E-state index contributed by atoms with van der Waals surface area (Å²) in [4.78, 5) is 19.3. The van der Waals surface area contributed by atoms with Crippen LogP contribution in [0.1, 0.15) is 38.4 Å². The number of fused-ring (bicyclic) bond motifs is 1. The van der Waals surface area contributed by atoms with Crippen molar-refractivity contribution >= 4 is 10.9 Å². The minimum absolute atomic E-state index is 0.0560. The first kappa shape index (κ1) is 13.3. The molecule has 1 saturated carbocycles. The van der Waals surface area contributed by atoms with E-state index in [-0.39, 0.29) is 5.56 Å². The first-order valence-electron chi connectivity index (χ1n) is 7.35. The summed E-state index contributed by atoms with van der Waals surface area (Å²) in [7, 11) is 0. The second-order valence-electron chi connectivity index (χ2n) is 6.15. The van der Waals surface area contributed by atoms with Gasteiger partial charge in [-0.3, -0.25) is 4.79 Å². The van der Waals surface area contributed by atoms with Gasteiger partial charge in [0, 0.05) is 6.54 Å². The van der Waals surface area contributed by atoms with Gasteiger partial charge < -0.3 is 10.3 Å². The SMILES string of the molecule is CC1(CNCc2nc3ccccc3c(=O)[nH]2)CCCC1. The first-order chi connectivity index (χ1) is 9.66. The zero-order chi connectivity index (χ0) is 14.0. The Morgan fingerprint density at radius 1 is 1.30 bits per heavy atom. The van der Waals surface area contributed by atoms with Crippen LogP contribution in [-0.4, -0.2) is 16.5 Å². The van der Waals surface area contributed by atoms with Crippen LogP contribution in [0.25, 0.3) is 10.9 Å². The van der Waals surface area contributed by atoms with E-state index in [1.54, 1.807) is 6.07 Å². The molecule has 2 aromatic rings. The molecule has 1 aliphatic rings. The zero-order valence-corrected chi connectivity index (χ0v) is 11.9. The molecule has 20 heavy (non-hydrogen) atoms.